The van der Waals surface area contributed by atoms with Crippen LogP contribution in [0.15, 0.2) is 78.9 Å². The van der Waals surface area contributed by atoms with E-state index in [1.807, 2.05) is 61.5 Å². The van der Waals surface area contributed by atoms with E-state index in [2.05, 4.69) is 12.1 Å². The Balaban J connectivity index is 1.80. The molecule has 23 heavy (non-hydrogen) atoms. The van der Waals surface area contributed by atoms with Gasteiger partial charge in [-0.2, -0.15) is 0 Å². The molecule has 0 radical (unpaired) electrons. The van der Waals surface area contributed by atoms with Crippen molar-refractivity contribution in [2.24, 2.45) is 0 Å². The molecule has 0 atom stereocenters. The van der Waals surface area contributed by atoms with E-state index >= 15 is 0 Å². The molecule has 0 aliphatic heterocycles. The fourth-order valence-corrected chi connectivity index (χ4v) is 2.48. The average Bonchev–Trinajstić information content (AvgIpc) is 2.63. The highest BCUT2D eigenvalue weighted by Crippen LogP contribution is 2.21. The van der Waals surface area contributed by atoms with Crippen molar-refractivity contribution in [1.82, 2.24) is 0 Å². The molecular weight excluding hydrogens is 284 g/mol. The molecule has 0 fully saturated rings. The van der Waals surface area contributed by atoms with Crippen LogP contribution in [0.3, 0.4) is 0 Å². The van der Waals surface area contributed by atoms with Crippen molar-refractivity contribution in [3.05, 3.63) is 90.0 Å². The number of carbonyl (C=O) groups excluding carboxylic acids is 1. The van der Waals surface area contributed by atoms with Crippen molar-refractivity contribution in [2.75, 3.05) is 6.61 Å². The Labute approximate surface area is 136 Å². The van der Waals surface area contributed by atoms with Gasteiger partial charge in [-0.1, -0.05) is 54.6 Å². The molecule has 0 saturated heterocycles. The van der Waals surface area contributed by atoms with Crippen LogP contribution in [0.25, 0.3) is 11.1 Å². The fraction of sp³-hybridized carbons (Fsp3) is 0.0952. The lowest BCUT2D eigenvalue weighted by molar-refractivity contribution is 0.103. The SMILES string of the molecule is CCOc1ccc(C(=O)c2ccc(-c3ccccc3)cc2)cc1. The number of rotatable bonds is 5. The van der Waals surface area contributed by atoms with E-state index < -0.39 is 0 Å². The van der Waals surface area contributed by atoms with Gasteiger partial charge in [0.2, 0.25) is 0 Å². The second kappa shape index (κ2) is 6.93. The minimum atomic E-state index is 0.0210. The molecule has 2 nitrogen and oxygen atoms in total. The Morgan fingerprint density at radius 2 is 1.26 bits per heavy atom. The van der Waals surface area contributed by atoms with Crippen LogP contribution in [0.5, 0.6) is 5.75 Å². The van der Waals surface area contributed by atoms with Crippen molar-refractivity contribution in [3.8, 4) is 16.9 Å². The molecule has 3 aromatic carbocycles. The molecular formula is C21H18O2. The predicted molar refractivity (Wildman–Crippen MR) is 92.9 cm³/mol. The number of ketones is 1. The highest BCUT2D eigenvalue weighted by Gasteiger charge is 2.09. The predicted octanol–water partition coefficient (Wildman–Crippen LogP) is 4.98. The summed E-state index contributed by atoms with van der Waals surface area (Å²) in [5.41, 5.74) is 3.61. The summed E-state index contributed by atoms with van der Waals surface area (Å²) in [6.45, 7) is 2.56. The maximum Gasteiger partial charge on any atom is 0.193 e. The highest BCUT2D eigenvalue weighted by molar-refractivity contribution is 6.09. The van der Waals surface area contributed by atoms with E-state index in [4.69, 9.17) is 4.74 Å². The average molecular weight is 302 g/mol. The Bertz CT molecular complexity index is 772. The lowest BCUT2D eigenvalue weighted by Gasteiger charge is -2.06. The smallest absolute Gasteiger partial charge is 0.193 e. The molecule has 0 saturated carbocycles. The third kappa shape index (κ3) is 3.49. The van der Waals surface area contributed by atoms with Gasteiger partial charge >= 0.3 is 0 Å². The first-order chi connectivity index (χ1) is 11.3. The summed E-state index contributed by atoms with van der Waals surface area (Å²) >= 11 is 0. The van der Waals surface area contributed by atoms with Crippen molar-refractivity contribution in [2.45, 2.75) is 6.92 Å². The summed E-state index contributed by atoms with van der Waals surface area (Å²) in [5, 5.41) is 0. The minimum Gasteiger partial charge on any atom is -0.494 e. The van der Waals surface area contributed by atoms with E-state index in [-0.39, 0.29) is 5.78 Å². The summed E-state index contributed by atoms with van der Waals surface area (Å²) in [5.74, 6) is 0.802. The zero-order valence-corrected chi connectivity index (χ0v) is 13.0. The van der Waals surface area contributed by atoms with Gasteiger partial charge in [0.25, 0.3) is 0 Å². The molecule has 114 valence electrons. The number of benzene rings is 3. The highest BCUT2D eigenvalue weighted by atomic mass is 16.5. The third-order valence-electron chi connectivity index (χ3n) is 3.68. The Hall–Kier alpha value is -2.87. The van der Waals surface area contributed by atoms with E-state index in [0.29, 0.717) is 17.7 Å². The minimum absolute atomic E-state index is 0.0210. The van der Waals surface area contributed by atoms with Crippen LogP contribution in [0.4, 0.5) is 0 Å². The van der Waals surface area contributed by atoms with Gasteiger partial charge in [0.1, 0.15) is 5.75 Å². The summed E-state index contributed by atoms with van der Waals surface area (Å²) in [6, 6.07) is 25.1. The van der Waals surface area contributed by atoms with Gasteiger partial charge in [0, 0.05) is 11.1 Å². The maximum atomic E-state index is 12.5. The topological polar surface area (TPSA) is 26.3 Å². The molecule has 0 aliphatic carbocycles. The molecule has 3 rings (SSSR count). The Kier molecular flexibility index (Phi) is 4.53. The Morgan fingerprint density at radius 3 is 1.83 bits per heavy atom. The first-order valence-electron chi connectivity index (χ1n) is 7.71. The van der Waals surface area contributed by atoms with Crippen molar-refractivity contribution in [1.29, 1.82) is 0 Å². The number of hydrogen-bond donors (Lipinski definition) is 0. The second-order valence-electron chi connectivity index (χ2n) is 5.23. The van der Waals surface area contributed by atoms with E-state index in [0.717, 1.165) is 16.9 Å². The summed E-state index contributed by atoms with van der Waals surface area (Å²) in [6.07, 6.45) is 0. The quantitative estimate of drug-likeness (QED) is 0.621. The molecule has 0 unspecified atom stereocenters. The summed E-state index contributed by atoms with van der Waals surface area (Å²) in [4.78, 5) is 12.5. The van der Waals surface area contributed by atoms with Crippen LogP contribution in [0, 0.1) is 0 Å². The second-order valence-corrected chi connectivity index (χ2v) is 5.23. The van der Waals surface area contributed by atoms with Gasteiger partial charge in [0.15, 0.2) is 5.78 Å². The van der Waals surface area contributed by atoms with Crippen LogP contribution < -0.4 is 4.74 Å². The van der Waals surface area contributed by atoms with E-state index in [1.54, 1.807) is 12.1 Å². The number of carbonyl (C=O) groups is 1. The first kappa shape index (κ1) is 15.0. The molecule has 0 bridgehead atoms. The van der Waals surface area contributed by atoms with Crippen LogP contribution in [-0.4, -0.2) is 12.4 Å². The molecule has 3 aromatic rings. The molecule has 2 heteroatoms. The lowest BCUT2D eigenvalue weighted by atomic mass is 9.99. The summed E-state index contributed by atoms with van der Waals surface area (Å²) < 4.78 is 5.40. The molecule has 0 heterocycles. The molecule has 0 N–H and O–H groups in total. The normalized spacial score (nSPS) is 10.3. The zero-order chi connectivity index (χ0) is 16.1. The van der Waals surface area contributed by atoms with Crippen LogP contribution in [0.2, 0.25) is 0 Å². The third-order valence-corrected chi connectivity index (χ3v) is 3.68. The van der Waals surface area contributed by atoms with Crippen molar-refractivity contribution in [3.63, 3.8) is 0 Å². The molecule has 0 amide bonds. The zero-order valence-electron chi connectivity index (χ0n) is 13.0. The standard InChI is InChI=1S/C21H18O2/c1-2-23-20-14-12-19(13-15-20)21(22)18-10-8-17(9-11-18)16-6-4-3-5-7-16/h3-15H,2H2,1H3. The van der Waals surface area contributed by atoms with Gasteiger partial charge in [-0.15, -0.1) is 0 Å². The molecule has 0 spiro atoms. The van der Waals surface area contributed by atoms with Crippen LogP contribution in [-0.2, 0) is 0 Å². The first-order valence-corrected chi connectivity index (χ1v) is 7.71. The van der Waals surface area contributed by atoms with Gasteiger partial charge in [-0.05, 0) is 42.3 Å². The molecule has 0 aromatic heterocycles. The largest absolute Gasteiger partial charge is 0.494 e. The number of ether oxygens (including phenoxy) is 1. The van der Waals surface area contributed by atoms with Crippen molar-refractivity contribution < 1.29 is 9.53 Å². The van der Waals surface area contributed by atoms with Crippen LogP contribution >= 0.6 is 0 Å². The Morgan fingerprint density at radius 1 is 0.739 bits per heavy atom. The van der Waals surface area contributed by atoms with Gasteiger partial charge in [0.05, 0.1) is 6.61 Å². The van der Waals surface area contributed by atoms with E-state index in [9.17, 15) is 4.79 Å². The van der Waals surface area contributed by atoms with Crippen LogP contribution in [0.1, 0.15) is 22.8 Å². The van der Waals surface area contributed by atoms with Gasteiger partial charge < -0.3 is 4.74 Å². The maximum absolute atomic E-state index is 12.5. The van der Waals surface area contributed by atoms with Gasteiger partial charge in [-0.3, -0.25) is 4.79 Å². The lowest BCUT2D eigenvalue weighted by Crippen LogP contribution is -2.01. The number of hydrogen-bond acceptors (Lipinski definition) is 2. The summed E-state index contributed by atoms with van der Waals surface area (Å²) in [7, 11) is 0. The van der Waals surface area contributed by atoms with E-state index in [1.165, 1.54) is 0 Å². The monoisotopic (exact) mass is 302 g/mol. The van der Waals surface area contributed by atoms with Gasteiger partial charge in [-0.25, -0.2) is 0 Å². The molecule has 0 aliphatic rings. The fourth-order valence-electron chi connectivity index (χ4n) is 2.48. The van der Waals surface area contributed by atoms with Crippen molar-refractivity contribution >= 4 is 5.78 Å².